The van der Waals surface area contributed by atoms with E-state index in [9.17, 15) is 13.3 Å². The Kier molecular flexibility index (Phi) is 4.46. The highest BCUT2D eigenvalue weighted by Crippen LogP contribution is 2.24. The molecule has 0 saturated heterocycles. The van der Waals surface area contributed by atoms with Gasteiger partial charge < -0.3 is 4.98 Å². The smallest absolute Gasteiger partial charge is 0.243 e. The Morgan fingerprint density at radius 1 is 1.12 bits per heavy atom. The van der Waals surface area contributed by atoms with Crippen LogP contribution in [0.4, 0.5) is 5.69 Å². The summed E-state index contributed by atoms with van der Waals surface area (Å²) in [5.74, 6) is 0. The number of para-hydroxylation sites is 1. The SMILES string of the molecule is CC(Cc1c[nH]c2ccccc12)NS(=O)(=O)c1ccccc1N=O. The highest BCUT2D eigenvalue weighted by atomic mass is 32.2. The molecule has 0 spiro atoms. The van der Waals surface area contributed by atoms with Crippen LogP contribution in [-0.4, -0.2) is 19.4 Å². The first kappa shape index (κ1) is 16.4. The van der Waals surface area contributed by atoms with Gasteiger partial charge in [0.1, 0.15) is 10.6 Å². The topological polar surface area (TPSA) is 91.4 Å². The monoisotopic (exact) mass is 343 g/mol. The molecule has 0 amide bonds. The molecule has 6 nitrogen and oxygen atoms in total. The second-order valence-electron chi connectivity index (χ2n) is 5.64. The van der Waals surface area contributed by atoms with Crippen molar-refractivity contribution in [2.75, 3.05) is 0 Å². The van der Waals surface area contributed by atoms with Gasteiger partial charge in [0.15, 0.2) is 0 Å². The van der Waals surface area contributed by atoms with Crippen molar-refractivity contribution >= 4 is 26.6 Å². The Morgan fingerprint density at radius 3 is 2.62 bits per heavy atom. The third-order valence-corrected chi connectivity index (χ3v) is 5.45. The predicted octanol–water partition coefficient (Wildman–Crippen LogP) is 3.48. The number of hydrogen-bond donors (Lipinski definition) is 2. The van der Waals surface area contributed by atoms with Gasteiger partial charge in [-0.3, -0.25) is 0 Å². The highest BCUT2D eigenvalue weighted by Gasteiger charge is 2.21. The van der Waals surface area contributed by atoms with Crippen molar-refractivity contribution in [1.82, 2.24) is 9.71 Å². The number of nitroso groups, excluding NO2 is 1. The Hall–Kier alpha value is -2.51. The van der Waals surface area contributed by atoms with E-state index in [0.29, 0.717) is 6.42 Å². The largest absolute Gasteiger partial charge is 0.361 e. The Bertz CT molecular complexity index is 979. The van der Waals surface area contributed by atoms with Crippen molar-refractivity contribution in [3.05, 3.63) is 65.2 Å². The minimum atomic E-state index is -3.81. The molecule has 7 heteroatoms. The van der Waals surface area contributed by atoms with Gasteiger partial charge >= 0.3 is 0 Å². The van der Waals surface area contributed by atoms with Crippen LogP contribution in [0.15, 0.2) is 64.8 Å². The molecule has 24 heavy (non-hydrogen) atoms. The average molecular weight is 343 g/mol. The van der Waals surface area contributed by atoms with Gasteiger partial charge in [-0.05, 0) is 42.3 Å². The highest BCUT2D eigenvalue weighted by molar-refractivity contribution is 7.89. The van der Waals surface area contributed by atoms with Crippen LogP contribution in [0.5, 0.6) is 0 Å². The Balaban J connectivity index is 1.81. The number of H-pyrrole nitrogens is 1. The Morgan fingerprint density at radius 2 is 1.83 bits per heavy atom. The molecular formula is C17H17N3O3S. The van der Waals surface area contributed by atoms with E-state index in [4.69, 9.17) is 0 Å². The van der Waals surface area contributed by atoms with Crippen LogP contribution in [0, 0.1) is 4.91 Å². The van der Waals surface area contributed by atoms with E-state index in [2.05, 4.69) is 14.9 Å². The van der Waals surface area contributed by atoms with Crippen LogP contribution in [0.2, 0.25) is 0 Å². The minimum absolute atomic E-state index is 0.0932. The van der Waals surface area contributed by atoms with E-state index >= 15 is 0 Å². The molecule has 0 radical (unpaired) electrons. The molecule has 0 aliphatic rings. The zero-order chi connectivity index (χ0) is 17.2. The summed E-state index contributed by atoms with van der Waals surface area (Å²) < 4.78 is 27.6. The molecular weight excluding hydrogens is 326 g/mol. The molecule has 3 aromatic rings. The maximum absolute atomic E-state index is 12.5. The maximum atomic E-state index is 12.5. The van der Waals surface area contributed by atoms with E-state index < -0.39 is 10.0 Å². The van der Waals surface area contributed by atoms with Gasteiger partial charge in [-0.15, -0.1) is 4.91 Å². The maximum Gasteiger partial charge on any atom is 0.243 e. The molecule has 0 saturated carbocycles. The molecule has 0 bridgehead atoms. The summed E-state index contributed by atoms with van der Waals surface area (Å²) in [6.45, 7) is 1.79. The molecule has 0 aliphatic heterocycles. The predicted molar refractivity (Wildman–Crippen MR) is 93.7 cm³/mol. The lowest BCUT2D eigenvalue weighted by atomic mass is 10.1. The van der Waals surface area contributed by atoms with Gasteiger partial charge in [0.2, 0.25) is 10.0 Å². The van der Waals surface area contributed by atoms with Crippen molar-refractivity contribution < 1.29 is 8.42 Å². The number of nitrogens with one attached hydrogen (secondary N) is 2. The zero-order valence-electron chi connectivity index (χ0n) is 13.1. The lowest BCUT2D eigenvalue weighted by Crippen LogP contribution is -2.34. The molecule has 1 aromatic heterocycles. The first-order valence-electron chi connectivity index (χ1n) is 7.51. The van der Waals surface area contributed by atoms with Crippen LogP contribution in [0.1, 0.15) is 12.5 Å². The van der Waals surface area contributed by atoms with Crippen LogP contribution in [0.3, 0.4) is 0 Å². The van der Waals surface area contributed by atoms with Crippen LogP contribution in [0.25, 0.3) is 10.9 Å². The lowest BCUT2D eigenvalue weighted by Gasteiger charge is -2.14. The van der Waals surface area contributed by atoms with Gasteiger partial charge in [0.05, 0.1) is 0 Å². The molecule has 124 valence electrons. The number of aromatic amines is 1. The molecule has 1 heterocycles. The van der Waals surface area contributed by atoms with E-state index in [-0.39, 0.29) is 16.6 Å². The van der Waals surface area contributed by atoms with Crippen molar-refractivity contribution in [2.45, 2.75) is 24.3 Å². The van der Waals surface area contributed by atoms with Gasteiger partial charge in [0, 0.05) is 23.1 Å². The molecule has 0 aliphatic carbocycles. The zero-order valence-corrected chi connectivity index (χ0v) is 13.9. The number of rotatable bonds is 6. The van der Waals surface area contributed by atoms with E-state index in [0.717, 1.165) is 16.5 Å². The fourth-order valence-corrected chi connectivity index (χ4v) is 4.14. The fourth-order valence-electron chi connectivity index (χ4n) is 2.76. The molecule has 0 fully saturated rings. The number of fused-ring (bicyclic) bond motifs is 1. The average Bonchev–Trinajstić information content (AvgIpc) is 2.97. The molecule has 3 rings (SSSR count). The normalized spacial score (nSPS) is 13.0. The number of sulfonamides is 1. The third kappa shape index (κ3) is 3.22. The summed E-state index contributed by atoms with van der Waals surface area (Å²) in [5.41, 5.74) is 1.95. The van der Waals surface area contributed by atoms with Gasteiger partial charge in [0.25, 0.3) is 0 Å². The summed E-state index contributed by atoms with van der Waals surface area (Å²) >= 11 is 0. The molecule has 2 N–H and O–H groups in total. The summed E-state index contributed by atoms with van der Waals surface area (Å²) in [4.78, 5) is 13.9. The third-order valence-electron chi connectivity index (χ3n) is 3.81. The Labute approximate surface area is 139 Å². The molecule has 1 atom stereocenters. The number of hydrogen-bond acceptors (Lipinski definition) is 4. The summed E-state index contributed by atoms with van der Waals surface area (Å²) in [5, 5.41) is 3.85. The summed E-state index contributed by atoms with van der Waals surface area (Å²) in [7, 11) is -3.81. The van der Waals surface area contributed by atoms with E-state index in [1.807, 2.05) is 30.5 Å². The van der Waals surface area contributed by atoms with Gasteiger partial charge in [-0.1, -0.05) is 30.3 Å². The molecule has 2 aromatic carbocycles. The number of nitrogens with zero attached hydrogens (tertiary/aromatic N) is 1. The van der Waals surface area contributed by atoms with Crippen molar-refractivity contribution in [3.63, 3.8) is 0 Å². The van der Waals surface area contributed by atoms with Crippen LogP contribution in [-0.2, 0) is 16.4 Å². The number of benzene rings is 2. The van der Waals surface area contributed by atoms with E-state index in [1.54, 1.807) is 19.1 Å². The van der Waals surface area contributed by atoms with Crippen LogP contribution >= 0.6 is 0 Å². The van der Waals surface area contributed by atoms with Gasteiger partial charge in [-0.25, -0.2) is 13.1 Å². The van der Waals surface area contributed by atoms with Crippen LogP contribution < -0.4 is 4.72 Å². The minimum Gasteiger partial charge on any atom is -0.361 e. The van der Waals surface area contributed by atoms with Crippen molar-refractivity contribution in [3.8, 4) is 0 Å². The second kappa shape index (κ2) is 6.54. The standard InChI is InChI=1S/C17H17N3O3S/c1-12(10-13-11-18-15-7-3-2-6-14(13)15)20-24(22,23)17-9-5-4-8-16(17)19-21/h2-9,11-12,18,20H,10H2,1H3. The summed E-state index contributed by atoms with van der Waals surface area (Å²) in [6, 6.07) is 13.4. The molecule has 1 unspecified atom stereocenters. The first-order valence-corrected chi connectivity index (χ1v) is 8.99. The van der Waals surface area contributed by atoms with E-state index in [1.165, 1.54) is 12.1 Å². The second-order valence-corrected chi connectivity index (χ2v) is 7.33. The summed E-state index contributed by atoms with van der Waals surface area (Å²) in [6.07, 6.45) is 2.41. The fraction of sp³-hybridized carbons (Fsp3) is 0.176. The first-order chi connectivity index (χ1) is 11.5. The quantitative estimate of drug-likeness (QED) is 0.671. The van der Waals surface area contributed by atoms with Crippen molar-refractivity contribution in [2.24, 2.45) is 5.18 Å². The van der Waals surface area contributed by atoms with Crippen molar-refractivity contribution in [1.29, 1.82) is 0 Å². The van der Waals surface area contributed by atoms with Gasteiger partial charge in [-0.2, -0.15) is 0 Å². The number of aromatic nitrogens is 1. The lowest BCUT2D eigenvalue weighted by molar-refractivity contribution is 0.560.